The number of aromatic amines is 1. The van der Waals surface area contributed by atoms with E-state index in [1.165, 1.54) is 31.4 Å². The first-order chi connectivity index (χ1) is 13.6. The van der Waals surface area contributed by atoms with Gasteiger partial charge >= 0.3 is 12.1 Å². The smallest absolute Gasteiger partial charge is 0.417 e. The molecular weight excluding hydrogens is 413 g/mol. The summed E-state index contributed by atoms with van der Waals surface area (Å²) >= 11 is 0. The number of anilines is 1. The molecule has 12 heteroatoms. The van der Waals surface area contributed by atoms with Crippen LogP contribution in [0.5, 0.6) is 0 Å². The molecule has 0 fully saturated rings. The molecule has 0 amide bonds. The van der Waals surface area contributed by atoms with Crippen molar-refractivity contribution in [2.24, 2.45) is 0 Å². The van der Waals surface area contributed by atoms with Crippen LogP contribution in [0.2, 0.25) is 0 Å². The summed E-state index contributed by atoms with van der Waals surface area (Å²) in [7, 11) is -3.31. The molecular formula is C17H11F3N4O4S. The summed E-state index contributed by atoms with van der Waals surface area (Å²) in [5.74, 6) is -1.01. The zero-order valence-electron chi connectivity index (χ0n) is 14.5. The SMILES string of the molecule is COC(=O)c1cccc2[nH]c(NS(=O)(=O)c3ccc(C#N)c(C(F)(F)F)c3)nc12. The van der Waals surface area contributed by atoms with Gasteiger partial charge in [0.25, 0.3) is 10.0 Å². The Labute approximate surface area is 162 Å². The number of nitrogens with zero attached hydrogens (tertiary/aromatic N) is 2. The number of imidazole rings is 1. The van der Waals surface area contributed by atoms with Gasteiger partial charge in [-0.05, 0) is 30.3 Å². The first-order valence-electron chi connectivity index (χ1n) is 7.78. The Hall–Kier alpha value is -3.59. The number of H-pyrrole nitrogens is 1. The van der Waals surface area contributed by atoms with E-state index < -0.39 is 38.2 Å². The van der Waals surface area contributed by atoms with Crippen LogP contribution in [0, 0.1) is 11.3 Å². The number of rotatable bonds is 4. The highest BCUT2D eigenvalue weighted by atomic mass is 32.2. The lowest BCUT2D eigenvalue weighted by molar-refractivity contribution is -0.137. The largest absolute Gasteiger partial charge is 0.465 e. The van der Waals surface area contributed by atoms with Gasteiger partial charge in [0.1, 0.15) is 5.52 Å². The zero-order chi connectivity index (χ0) is 21.4. The average Bonchev–Trinajstić information content (AvgIpc) is 3.07. The van der Waals surface area contributed by atoms with E-state index in [-0.39, 0.29) is 17.0 Å². The van der Waals surface area contributed by atoms with Crippen molar-refractivity contribution in [3.05, 3.63) is 53.1 Å². The van der Waals surface area contributed by atoms with Gasteiger partial charge in [-0.15, -0.1) is 0 Å². The predicted molar refractivity (Wildman–Crippen MR) is 94.4 cm³/mol. The van der Waals surface area contributed by atoms with Crippen LogP contribution in [0.4, 0.5) is 19.1 Å². The number of alkyl halides is 3. The molecule has 3 aromatic rings. The Morgan fingerprint density at radius 2 is 2.00 bits per heavy atom. The molecule has 0 aliphatic rings. The highest BCUT2D eigenvalue weighted by molar-refractivity contribution is 7.92. The molecule has 0 unspecified atom stereocenters. The van der Waals surface area contributed by atoms with Gasteiger partial charge in [-0.2, -0.15) is 18.4 Å². The van der Waals surface area contributed by atoms with E-state index in [0.29, 0.717) is 11.6 Å². The number of nitriles is 1. The minimum atomic E-state index is -4.91. The number of ether oxygens (including phenoxy) is 1. The van der Waals surface area contributed by atoms with Gasteiger partial charge < -0.3 is 9.72 Å². The molecule has 0 aliphatic heterocycles. The third-order valence-electron chi connectivity index (χ3n) is 3.88. The number of carbonyl (C=O) groups is 1. The van der Waals surface area contributed by atoms with Crippen LogP contribution in [-0.2, 0) is 20.9 Å². The van der Waals surface area contributed by atoms with Crippen LogP contribution in [0.1, 0.15) is 21.5 Å². The molecule has 1 aromatic heterocycles. The Balaban J connectivity index is 2.02. The minimum Gasteiger partial charge on any atom is -0.465 e. The van der Waals surface area contributed by atoms with E-state index in [2.05, 4.69) is 14.7 Å². The predicted octanol–water partition coefficient (Wildman–Crippen LogP) is 3.04. The second-order valence-corrected chi connectivity index (χ2v) is 7.38. The molecule has 8 nitrogen and oxygen atoms in total. The monoisotopic (exact) mass is 424 g/mol. The highest BCUT2D eigenvalue weighted by Crippen LogP contribution is 2.33. The van der Waals surface area contributed by atoms with Gasteiger partial charge in [0.2, 0.25) is 5.95 Å². The summed E-state index contributed by atoms with van der Waals surface area (Å²) in [5, 5.41) is 8.81. The number of fused-ring (bicyclic) bond motifs is 1. The molecule has 150 valence electrons. The molecule has 0 atom stereocenters. The van der Waals surface area contributed by atoms with Gasteiger partial charge in [0, 0.05) is 0 Å². The quantitative estimate of drug-likeness (QED) is 0.620. The van der Waals surface area contributed by atoms with Crippen molar-refractivity contribution in [2.45, 2.75) is 11.1 Å². The number of halogens is 3. The molecule has 0 spiro atoms. The molecule has 3 rings (SSSR count). The fourth-order valence-electron chi connectivity index (χ4n) is 2.56. The minimum absolute atomic E-state index is 0.0735. The van der Waals surface area contributed by atoms with Crippen LogP contribution in [0.15, 0.2) is 41.3 Å². The summed E-state index contributed by atoms with van der Waals surface area (Å²) in [6.45, 7) is 0. The maximum Gasteiger partial charge on any atom is 0.417 e. The van der Waals surface area contributed by atoms with Crippen molar-refractivity contribution in [3.8, 4) is 6.07 Å². The number of para-hydroxylation sites is 1. The number of sulfonamides is 1. The number of benzene rings is 2. The lowest BCUT2D eigenvalue weighted by atomic mass is 10.1. The van der Waals surface area contributed by atoms with Gasteiger partial charge in [-0.1, -0.05) is 6.07 Å². The maximum absolute atomic E-state index is 13.1. The van der Waals surface area contributed by atoms with Crippen molar-refractivity contribution < 1.29 is 31.1 Å². The summed E-state index contributed by atoms with van der Waals surface area (Å²) in [6.07, 6.45) is -4.91. The molecule has 0 radical (unpaired) electrons. The van der Waals surface area contributed by atoms with E-state index in [1.807, 2.05) is 4.72 Å². The topological polar surface area (TPSA) is 125 Å². The number of carbonyl (C=O) groups excluding carboxylic acids is 1. The normalized spacial score (nSPS) is 11.8. The van der Waals surface area contributed by atoms with Gasteiger partial charge in [0.05, 0.1) is 40.3 Å². The first kappa shape index (κ1) is 20.2. The summed E-state index contributed by atoms with van der Waals surface area (Å²) in [6, 6.07) is 7.84. The second kappa shape index (κ2) is 7.10. The second-order valence-electron chi connectivity index (χ2n) is 5.70. The Morgan fingerprint density at radius 3 is 2.62 bits per heavy atom. The summed E-state index contributed by atoms with van der Waals surface area (Å²) < 4.78 is 71.0. The lowest BCUT2D eigenvalue weighted by Crippen LogP contribution is -2.16. The van der Waals surface area contributed by atoms with Crippen molar-refractivity contribution in [1.82, 2.24) is 9.97 Å². The fourth-order valence-corrected chi connectivity index (χ4v) is 3.55. The van der Waals surface area contributed by atoms with Crippen LogP contribution in [-0.4, -0.2) is 31.5 Å². The van der Waals surface area contributed by atoms with E-state index >= 15 is 0 Å². The number of methoxy groups -OCH3 is 1. The molecule has 1 heterocycles. The van der Waals surface area contributed by atoms with Crippen molar-refractivity contribution >= 4 is 33.0 Å². The maximum atomic E-state index is 13.1. The number of esters is 1. The summed E-state index contributed by atoms with van der Waals surface area (Å²) in [4.78, 5) is 17.7. The average molecular weight is 424 g/mol. The van der Waals surface area contributed by atoms with E-state index in [1.54, 1.807) is 0 Å². The lowest BCUT2D eigenvalue weighted by Gasteiger charge is -2.11. The molecule has 0 saturated heterocycles. The van der Waals surface area contributed by atoms with Crippen LogP contribution in [0.25, 0.3) is 11.0 Å². The zero-order valence-corrected chi connectivity index (χ0v) is 15.4. The first-order valence-corrected chi connectivity index (χ1v) is 9.26. The molecule has 0 saturated carbocycles. The molecule has 0 bridgehead atoms. The molecule has 0 aliphatic carbocycles. The fraction of sp³-hybridized carbons (Fsp3) is 0.118. The van der Waals surface area contributed by atoms with Crippen LogP contribution < -0.4 is 4.72 Å². The molecule has 29 heavy (non-hydrogen) atoms. The van der Waals surface area contributed by atoms with Gasteiger partial charge in [-0.3, -0.25) is 0 Å². The van der Waals surface area contributed by atoms with E-state index in [0.717, 1.165) is 12.1 Å². The van der Waals surface area contributed by atoms with E-state index in [4.69, 9.17) is 5.26 Å². The van der Waals surface area contributed by atoms with Gasteiger partial charge in [0.15, 0.2) is 0 Å². The molecule has 2 aromatic carbocycles. The summed E-state index contributed by atoms with van der Waals surface area (Å²) in [5.41, 5.74) is -1.58. The van der Waals surface area contributed by atoms with Crippen molar-refractivity contribution in [3.63, 3.8) is 0 Å². The van der Waals surface area contributed by atoms with E-state index in [9.17, 15) is 26.4 Å². The van der Waals surface area contributed by atoms with Crippen LogP contribution >= 0.6 is 0 Å². The Kier molecular flexibility index (Phi) is 4.93. The Morgan fingerprint density at radius 1 is 1.28 bits per heavy atom. The Bertz CT molecular complexity index is 1260. The van der Waals surface area contributed by atoms with Crippen molar-refractivity contribution in [2.75, 3.05) is 11.8 Å². The van der Waals surface area contributed by atoms with Gasteiger partial charge in [-0.25, -0.2) is 22.9 Å². The third-order valence-corrected chi connectivity index (χ3v) is 5.21. The number of nitrogens with one attached hydrogen (secondary N) is 2. The van der Waals surface area contributed by atoms with Crippen molar-refractivity contribution in [1.29, 1.82) is 5.26 Å². The number of aromatic nitrogens is 2. The highest BCUT2D eigenvalue weighted by Gasteiger charge is 2.35. The molecule has 2 N–H and O–H groups in total. The number of hydrogen-bond donors (Lipinski definition) is 2. The number of hydrogen-bond acceptors (Lipinski definition) is 6. The standard InChI is InChI=1S/C17H11F3N4O4S/c1-28-15(25)11-3-2-4-13-14(11)23-16(22-13)24-29(26,27)10-6-5-9(8-21)12(7-10)17(18,19)20/h2-7H,1H3,(H2,22,23,24). The third kappa shape index (κ3) is 3.85. The van der Waals surface area contributed by atoms with Crippen LogP contribution in [0.3, 0.4) is 0 Å².